The Kier molecular flexibility index (Phi) is 5.02. The number of nitrogens with zero attached hydrogens (tertiary/aromatic N) is 2. The molecule has 1 aromatic rings. The molecule has 1 amide bonds. The Bertz CT molecular complexity index is 610. The van der Waals surface area contributed by atoms with Gasteiger partial charge < -0.3 is 14.4 Å². The number of rotatable bonds is 4. The van der Waals surface area contributed by atoms with Crippen molar-refractivity contribution in [3.8, 4) is 0 Å². The van der Waals surface area contributed by atoms with E-state index in [0.29, 0.717) is 17.6 Å². The number of ether oxygens (including phenoxy) is 2. The molecular weight excluding hydrogens is 336 g/mol. The monoisotopic (exact) mass is 362 g/mol. The fraction of sp³-hybridized carbons (Fsp3) is 0.684. The Labute approximate surface area is 153 Å². The zero-order valence-electron chi connectivity index (χ0n) is 14.8. The predicted octanol–water partition coefficient (Wildman–Crippen LogP) is 2.53. The Morgan fingerprint density at radius 3 is 2.92 bits per heavy atom. The second kappa shape index (κ2) is 7.25. The number of pyridine rings is 1. The first-order valence-corrected chi connectivity index (χ1v) is 10.2. The highest BCUT2D eigenvalue weighted by molar-refractivity contribution is 8.01. The molecule has 25 heavy (non-hydrogen) atoms. The SMILES string of the molecule is Cc1ccc(C(=O)N2CC3(CC(OCC4CCOCC4)CS3)C2)cn1. The van der Waals surface area contributed by atoms with Crippen molar-refractivity contribution in [3.63, 3.8) is 0 Å². The quantitative estimate of drug-likeness (QED) is 0.824. The van der Waals surface area contributed by atoms with Crippen molar-refractivity contribution in [1.82, 2.24) is 9.88 Å². The van der Waals surface area contributed by atoms with E-state index >= 15 is 0 Å². The Morgan fingerprint density at radius 2 is 2.20 bits per heavy atom. The van der Waals surface area contributed by atoms with Crippen molar-refractivity contribution in [2.45, 2.75) is 37.0 Å². The van der Waals surface area contributed by atoms with Gasteiger partial charge in [0.2, 0.25) is 0 Å². The Morgan fingerprint density at radius 1 is 1.40 bits per heavy atom. The third-order valence-electron chi connectivity index (χ3n) is 5.49. The molecule has 5 nitrogen and oxygen atoms in total. The average molecular weight is 362 g/mol. The average Bonchev–Trinajstić information content (AvgIpc) is 3.04. The van der Waals surface area contributed by atoms with E-state index < -0.39 is 0 Å². The summed E-state index contributed by atoms with van der Waals surface area (Å²) in [5.74, 6) is 1.81. The normalized spacial score (nSPS) is 26.0. The van der Waals surface area contributed by atoms with Gasteiger partial charge in [0, 0.05) is 50.6 Å². The second-order valence-electron chi connectivity index (χ2n) is 7.56. The van der Waals surface area contributed by atoms with Crippen molar-refractivity contribution in [3.05, 3.63) is 29.6 Å². The zero-order chi connectivity index (χ0) is 17.3. The van der Waals surface area contributed by atoms with E-state index in [0.717, 1.165) is 63.6 Å². The van der Waals surface area contributed by atoms with E-state index in [-0.39, 0.29) is 10.7 Å². The number of carbonyl (C=O) groups excluding carboxylic acids is 1. The van der Waals surface area contributed by atoms with E-state index in [1.54, 1.807) is 6.20 Å². The molecule has 3 fully saturated rings. The van der Waals surface area contributed by atoms with Crippen molar-refractivity contribution in [2.75, 3.05) is 38.7 Å². The lowest BCUT2D eigenvalue weighted by atomic mass is 9.92. The van der Waals surface area contributed by atoms with Crippen LogP contribution in [0.4, 0.5) is 0 Å². The second-order valence-corrected chi connectivity index (χ2v) is 9.05. The third-order valence-corrected chi connectivity index (χ3v) is 7.06. The van der Waals surface area contributed by atoms with E-state index in [2.05, 4.69) is 4.98 Å². The van der Waals surface area contributed by atoms with E-state index in [1.165, 1.54) is 0 Å². The van der Waals surface area contributed by atoms with E-state index in [1.807, 2.05) is 35.7 Å². The summed E-state index contributed by atoms with van der Waals surface area (Å²) >= 11 is 1.99. The van der Waals surface area contributed by atoms with Gasteiger partial charge in [-0.2, -0.15) is 0 Å². The van der Waals surface area contributed by atoms with Crippen LogP contribution in [0.2, 0.25) is 0 Å². The van der Waals surface area contributed by atoms with Crippen LogP contribution in [0.5, 0.6) is 0 Å². The molecule has 1 unspecified atom stereocenters. The molecule has 0 saturated carbocycles. The zero-order valence-corrected chi connectivity index (χ0v) is 15.6. The van der Waals surface area contributed by atoms with Gasteiger partial charge >= 0.3 is 0 Å². The van der Waals surface area contributed by atoms with E-state index in [4.69, 9.17) is 9.47 Å². The van der Waals surface area contributed by atoms with Gasteiger partial charge in [-0.1, -0.05) is 0 Å². The summed E-state index contributed by atoms with van der Waals surface area (Å²) in [6.07, 6.45) is 5.34. The summed E-state index contributed by atoms with van der Waals surface area (Å²) in [7, 11) is 0. The third kappa shape index (κ3) is 3.86. The Hall–Kier alpha value is -1.11. The van der Waals surface area contributed by atoms with Crippen molar-refractivity contribution >= 4 is 17.7 Å². The summed E-state index contributed by atoms with van der Waals surface area (Å²) in [6, 6.07) is 3.77. The molecule has 0 aliphatic carbocycles. The van der Waals surface area contributed by atoms with Crippen LogP contribution in [0.3, 0.4) is 0 Å². The minimum Gasteiger partial charge on any atom is -0.381 e. The molecule has 1 spiro atoms. The van der Waals surface area contributed by atoms with Crippen molar-refractivity contribution in [2.24, 2.45) is 5.92 Å². The molecule has 1 aromatic heterocycles. The Balaban J connectivity index is 1.24. The molecule has 0 radical (unpaired) electrons. The molecule has 3 aliphatic heterocycles. The molecule has 4 rings (SSSR count). The number of carbonyl (C=O) groups is 1. The maximum Gasteiger partial charge on any atom is 0.255 e. The highest BCUT2D eigenvalue weighted by Gasteiger charge is 2.51. The largest absolute Gasteiger partial charge is 0.381 e. The molecule has 0 bridgehead atoms. The van der Waals surface area contributed by atoms with Crippen LogP contribution in [0, 0.1) is 12.8 Å². The maximum absolute atomic E-state index is 12.5. The number of aryl methyl sites for hydroxylation is 1. The summed E-state index contributed by atoms with van der Waals surface area (Å²) in [4.78, 5) is 18.7. The van der Waals surface area contributed by atoms with Crippen LogP contribution in [-0.4, -0.2) is 65.3 Å². The molecule has 4 heterocycles. The van der Waals surface area contributed by atoms with Crippen molar-refractivity contribution < 1.29 is 14.3 Å². The van der Waals surface area contributed by atoms with Crippen LogP contribution in [0.1, 0.15) is 35.3 Å². The standard InChI is InChI=1S/C19H26N2O3S/c1-14-2-3-16(9-20-14)18(22)21-12-19(13-21)8-17(11-25-19)24-10-15-4-6-23-7-5-15/h2-3,9,15,17H,4-8,10-13H2,1H3. The van der Waals surface area contributed by atoms with Gasteiger partial charge in [0.25, 0.3) is 5.91 Å². The number of aromatic nitrogens is 1. The van der Waals surface area contributed by atoms with Crippen LogP contribution in [0.25, 0.3) is 0 Å². The minimum absolute atomic E-state index is 0.102. The smallest absolute Gasteiger partial charge is 0.255 e. The number of hydrogen-bond acceptors (Lipinski definition) is 5. The van der Waals surface area contributed by atoms with Crippen molar-refractivity contribution in [1.29, 1.82) is 0 Å². The molecule has 0 N–H and O–H groups in total. The molecule has 1 atom stereocenters. The van der Waals surface area contributed by atoms with Gasteiger partial charge in [-0.15, -0.1) is 11.8 Å². The summed E-state index contributed by atoms with van der Waals surface area (Å²) < 4.78 is 11.8. The van der Waals surface area contributed by atoms with E-state index in [9.17, 15) is 4.79 Å². The molecule has 136 valence electrons. The molecule has 3 aliphatic rings. The maximum atomic E-state index is 12.5. The topological polar surface area (TPSA) is 51.7 Å². The van der Waals surface area contributed by atoms with Crippen LogP contribution < -0.4 is 0 Å². The van der Waals surface area contributed by atoms with Crippen LogP contribution in [0.15, 0.2) is 18.3 Å². The number of amides is 1. The first kappa shape index (κ1) is 17.3. The fourth-order valence-corrected chi connectivity index (χ4v) is 5.44. The number of thioether (sulfide) groups is 1. The van der Waals surface area contributed by atoms with Gasteiger partial charge in [-0.05, 0) is 44.2 Å². The molecule has 3 saturated heterocycles. The minimum atomic E-state index is 0.102. The summed E-state index contributed by atoms with van der Waals surface area (Å²) in [5.41, 5.74) is 1.63. The lowest BCUT2D eigenvalue weighted by Crippen LogP contribution is -2.60. The number of hydrogen-bond donors (Lipinski definition) is 0. The molecule has 0 aromatic carbocycles. The fourth-order valence-electron chi connectivity index (χ4n) is 3.89. The van der Waals surface area contributed by atoms with Gasteiger partial charge in [-0.25, -0.2) is 0 Å². The lowest BCUT2D eigenvalue weighted by molar-refractivity contribution is -0.0118. The van der Waals surface area contributed by atoms with Gasteiger partial charge in [0.1, 0.15) is 0 Å². The van der Waals surface area contributed by atoms with Crippen LogP contribution in [-0.2, 0) is 9.47 Å². The first-order chi connectivity index (χ1) is 12.1. The summed E-state index contributed by atoms with van der Waals surface area (Å²) in [5, 5.41) is 0. The highest BCUT2D eigenvalue weighted by atomic mass is 32.2. The lowest BCUT2D eigenvalue weighted by Gasteiger charge is -2.47. The van der Waals surface area contributed by atoms with Gasteiger partial charge in [0.15, 0.2) is 0 Å². The summed E-state index contributed by atoms with van der Waals surface area (Å²) in [6.45, 7) is 6.22. The highest BCUT2D eigenvalue weighted by Crippen LogP contribution is 2.46. The molecular formula is C19H26N2O3S. The first-order valence-electron chi connectivity index (χ1n) is 9.19. The van der Waals surface area contributed by atoms with Gasteiger partial charge in [0.05, 0.1) is 16.4 Å². The predicted molar refractivity (Wildman–Crippen MR) is 98.0 cm³/mol. The van der Waals surface area contributed by atoms with Crippen LogP contribution >= 0.6 is 11.8 Å². The number of likely N-dealkylation sites (tertiary alicyclic amines) is 1. The van der Waals surface area contributed by atoms with Gasteiger partial charge in [-0.3, -0.25) is 9.78 Å². The molecule has 6 heteroatoms.